The van der Waals surface area contributed by atoms with Crippen molar-refractivity contribution in [3.8, 4) is 0 Å². The van der Waals surface area contributed by atoms with Crippen molar-refractivity contribution < 1.29 is 19.5 Å². The number of fused-ring (bicyclic) bond motifs is 1. The van der Waals surface area contributed by atoms with Gasteiger partial charge >= 0.3 is 5.97 Å². The molecule has 5 nitrogen and oxygen atoms in total. The van der Waals surface area contributed by atoms with Gasteiger partial charge in [0.05, 0.1) is 17.0 Å². The van der Waals surface area contributed by atoms with Crippen LogP contribution in [0.5, 0.6) is 0 Å². The van der Waals surface area contributed by atoms with Gasteiger partial charge in [-0.15, -0.1) is 0 Å². The molecule has 5 heteroatoms. The van der Waals surface area contributed by atoms with Crippen LogP contribution in [-0.4, -0.2) is 22.9 Å². The van der Waals surface area contributed by atoms with Gasteiger partial charge in [-0.2, -0.15) is 0 Å². The topological polar surface area (TPSA) is 83.5 Å². The van der Waals surface area contributed by atoms with Crippen molar-refractivity contribution in [3.63, 3.8) is 0 Å². The average molecular weight is 249 g/mol. The molecule has 0 saturated heterocycles. The average Bonchev–Trinajstić information content (AvgIpc) is 2.65. The van der Waals surface area contributed by atoms with Crippen LogP contribution in [-0.2, 0) is 4.79 Å². The lowest BCUT2D eigenvalue weighted by Crippen LogP contribution is -2.19. The molecule has 1 heterocycles. The van der Waals surface area contributed by atoms with Crippen molar-refractivity contribution in [2.45, 2.75) is 20.3 Å². The van der Waals surface area contributed by atoms with Gasteiger partial charge in [0.2, 0.25) is 0 Å². The highest BCUT2D eigenvalue weighted by Gasteiger charge is 2.25. The second-order valence-corrected chi connectivity index (χ2v) is 3.98. The predicted molar refractivity (Wildman–Crippen MR) is 65.3 cm³/mol. The Kier molecular flexibility index (Phi) is 4.59. The minimum Gasteiger partial charge on any atom is -0.481 e. The van der Waals surface area contributed by atoms with Gasteiger partial charge in [0.25, 0.3) is 11.8 Å². The van der Waals surface area contributed by atoms with Crippen LogP contribution in [0.1, 0.15) is 41.0 Å². The number of carbonyl (C=O) groups is 3. The molecule has 2 rings (SSSR count). The lowest BCUT2D eigenvalue weighted by Gasteiger charge is -1.96. The van der Waals surface area contributed by atoms with E-state index < -0.39 is 5.97 Å². The number of carboxylic acids is 1. The first-order valence-corrected chi connectivity index (χ1v) is 5.64. The van der Waals surface area contributed by atoms with E-state index >= 15 is 0 Å². The molecule has 0 saturated carbocycles. The Morgan fingerprint density at radius 1 is 1.22 bits per heavy atom. The Balaban J connectivity index is 0.000000203. The summed E-state index contributed by atoms with van der Waals surface area (Å²) in [4.78, 5) is 31.8. The maximum Gasteiger partial charge on any atom is 0.306 e. The number of carboxylic acid groups (broad SMARTS) is 1. The molecular weight excluding hydrogens is 234 g/mol. The van der Waals surface area contributed by atoms with Gasteiger partial charge in [0.1, 0.15) is 0 Å². The van der Waals surface area contributed by atoms with Crippen molar-refractivity contribution in [1.82, 2.24) is 5.32 Å². The Morgan fingerprint density at radius 2 is 1.67 bits per heavy atom. The molecular formula is C13H15NO4. The van der Waals surface area contributed by atoms with Crippen LogP contribution < -0.4 is 5.32 Å². The highest BCUT2D eigenvalue weighted by Crippen LogP contribution is 2.13. The highest BCUT2D eigenvalue weighted by atomic mass is 16.4. The Bertz CT molecular complexity index is 449. The number of carbonyl (C=O) groups excluding carboxylic acids is 2. The SMILES string of the molecule is CCC(C)C(=O)O.O=C1NC(=O)c2ccccc21. The van der Waals surface area contributed by atoms with Gasteiger partial charge in [-0.3, -0.25) is 19.7 Å². The third kappa shape index (κ3) is 3.16. The van der Waals surface area contributed by atoms with E-state index in [0.717, 1.165) is 6.42 Å². The zero-order valence-corrected chi connectivity index (χ0v) is 10.3. The highest BCUT2D eigenvalue weighted by molar-refractivity contribution is 6.21. The van der Waals surface area contributed by atoms with Gasteiger partial charge in [-0.05, 0) is 18.6 Å². The number of amides is 2. The van der Waals surface area contributed by atoms with Gasteiger partial charge in [0.15, 0.2) is 0 Å². The molecule has 1 aliphatic rings. The summed E-state index contributed by atoms with van der Waals surface area (Å²) in [7, 11) is 0. The summed E-state index contributed by atoms with van der Waals surface area (Å²) in [6, 6.07) is 6.74. The molecule has 0 fully saturated rings. The van der Waals surface area contributed by atoms with E-state index in [1.807, 2.05) is 6.92 Å². The van der Waals surface area contributed by atoms with Crippen LogP contribution in [0.2, 0.25) is 0 Å². The predicted octanol–water partition coefficient (Wildman–Crippen LogP) is 1.69. The third-order valence-corrected chi connectivity index (χ3v) is 2.68. The van der Waals surface area contributed by atoms with Crippen molar-refractivity contribution >= 4 is 17.8 Å². The quantitative estimate of drug-likeness (QED) is 0.781. The van der Waals surface area contributed by atoms with Crippen molar-refractivity contribution in [2.24, 2.45) is 5.92 Å². The van der Waals surface area contributed by atoms with Gasteiger partial charge in [-0.1, -0.05) is 26.0 Å². The fourth-order valence-electron chi connectivity index (χ4n) is 1.29. The molecule has 2 amide bonds. The smallest absolute Gasteiger partial charge is 0.306 e. The van der Waals surface area contributed by atoms with Crippen LogP contribution in [0.3, 0.4) is 0 Å². The molecule has 1 aliphatic heterocycles. The molecule has 0 aliphatic carbocycles. The van der Waals surface area contributed by atoms with Crippen LogP contribution in [0.4, 0.5) is 0 Å². The molecule has 0 bridgehead atoms. The van der Waals surface area contributed by atoms with Gasteiger partial charge in [0, 0.05) is 0 Å². The van der Waals surface area contributed by atoms with Crippen LogP contribution in [0, 0.1) is 5.92 Å². The van der Waals surface area contributed by atoms with E-state index in [2.05, 4.69) is 5.32 Å². The molecule has 0 radical (unpaired) electrons. The van der Waals surface area contributed by atoms with Crippen molar-refractivity contribution in [3.05, 3.63) is 35.4 Å². The summed E-state index contributed by atoms with van der Waals surface area (Å²) in [6.07, 6.45) is 0.718. The fraction of sp³-hybridized carbons (Fsp3) is 0.308. The Hall–Kier alpha value is -2.17. The lowest BCUT2D eigenvalue weighted by molar-refractivity contribution is -0.141. The third-order valence-electron chi connectivity index (χ3n) is 2.68. The van der Waals surface area contributed by atoms with E-state index in [0.29, 0.717) is 11.1 Å². The first kappa shape index (κ1) is 13.9. The minimum absolute atomic E-state index is 0.181. The number of rotatable bonds is 2. The molecule has 0 aromatic heterocycles. The number of benzene rings is 1. The molecule has 1 aromatic rings. The fourth-order valence-corrected chi connectivity index (χ4v) is 1.29. The molecule has 18 heavy (non-hydrogen) atoms. The summed E-state index contributed by atoms with van der Waals surface area (Å²) >= 11 is 0. The number of aliphatic carboxylic acids is 1. The number of imide groups is 1. The summed E-state index contributed by atoms with van der Waals surface area (Å²) in [5.41, 5.74) is 0.940. The minimum atomic E-state index is -0.706. The Morgan fingerprint density at radius 3 is 1.94 bits per heavy atom. The van der Waals surface area contributed by atoms with E-state index in [4.69, 9.17) is 5.11 Å². The summed E-state index contributed by atoms with van der Waals surface area (Å²) in [5.74, 6) is -1.49. The maximum absolute atomic E-state index is 10.9. The lowest BCUT2D eigenvalue weighted by atomic mass is 10.1. The maximum atomic E-state index is 10.9. The normalized spacial score (nSPS) is 14.1. The number of hydrogen-bond donors (Lipinski definition) is 2. The zero-order chi connectivity index (χ0) is 13.7. The van der Waals surface area contributed by atoms with Crippen LogP contribution >= 0.6 is 0 Å². The second kappa shape index (κ2) is 5.95. The monoisotopic (exact) mass is 249 g/mol. The molecule has 0 spiro atoms. The first-order valence-electron chi connectivity index (χ1n) is 5.64. The molecule has 96 valence electrons. The van der Waals surface area contributed by atoms with Crippen molar-refractivity contribution in [2.75, 3.05) is 0 Å². The largest absolute Gasteiger partial charge is 0.481 e. The van der Waals surface area contributed by atoms with E-state index in [1.165, 1.54) is 0 Å². The summed E-state index contributed by atoms with van der Waals surface area (Å²) < 4.78 is 0. The number of hydrogen-bond acceptors (Lipinski definition) is 3. The van der Waals surface area contributed by atoms with Crippen LogP contribution in [0.15, 0.2) is 24.3 Å². The molecule has 1 atom stereocenters. The molecule has 1 unspecified atom stereocenters. The van der Waals surface area contributed by atoms with E-state index in [-0.39, 0.29) is 17.7 Å². The van der Waals surface area contributed by atoms with Gasteiger partial charge in [-0.25, -0.2) is 0 Å². The number of nitrogens with one attached hydrogen (secondary N) is 1. The van der Waals surface area contributed by atoms with E-state index in [1.54, 1.807) is 31.2 Å². The summed E-state index contributed by atoms with van der Waals surface area (Å²) in [6.45, 7) is 3.56. The first-order chi connectivity index (χ1) is 8.47. The standard InChI is InChI=1S/C8H5NO2.C5H10O2/c10-7-5-3-1-2-4-6(5)8(11)9-7;1-3-4(2)5(6)7/h1-4H,(H,9,10,11);4H,3H2,1-2H3,(H,6,7). The second-order valence-electron chi connectivity index (χ2n) is 3.98. The van der Waals surface area contributed by atoms with Crippen molar-refractivity contribution in [1.29, 1.82) is 0 Å². The summed E-state index contributed by atoms with van der Waals surface area (Å²) in [5, 5.41) is 10.4. The Labute approximate surface area is 105 Å². The zero-order valence-electron chi connectivity index (χ0n) is 10.3. The van der Waals surface area contributed by atoms with E-state index in [9.17, 15) is 14.4 Å². The van der Waals surface area contributed by atoms with Gasteiger partial charge < -0.3 is 5.11 Å². The molecule has 1 aromatic carbocycles. The molecule has 2 N–H and O–H groups in total. The van der Waals surface area contributed by atoms with Crippen LogP contribution in [0.25, 0.3) is 0 Å².